The fourth-order valence-corrected chi connectivity index (χ4v) is 3.55. The van der Waals surface area contributed by atoms with E-state index in [0.717, 1.165) is 28.8 Å². The number of nitrogens with one attached hydrogen (secondary N) is 2. The molecule has 0 saturated heterocycles. The van der Waals surface area contributed by atoms with Crippen molar-refractivity contribution >= 4 is 23.3 Å². The average Bonchev–Trinajstić information content (AvgIpc) is 2.82. The highest BCUT2D eigenvalue weighted by Gasteiger charge is 2.13. The maximum Gasteiger partial charge on any atom is 0.339 e. The molecule has 0 aliphatic rings. The molecular weight excluding hydrogens is 440 g/mol. The zero-order valence-electron chi connectivity index (χ0n) is 18.6. The van der Waals surface area contributed by atoms with Crippen molar-refractivity contribution < 1.29 is 19.7 Å². The van der Waals surface area contributed by atoms with Crippen molar-refractivity contribution in [2.75, 3.05) is 31.6 Å². The standard InChI is InChI=1S/C26H29ClN2O4/c1-2-14-33-25-16-19(8-11-23(25)26(31)32)18-6-9-22(10-7-18)29-13-12-28-17-24(30)20-4-3-5-21(27)15-20/h3-11,15-16,24,28-30H,2,12-14,17H2,1H3,(H,31,32)/t24-/m1/s1. The first-order valence-electron chi connectivity index (χ1n) is 11.0. The van der Waals surface area contributed by atoms with Crippen LogP contribution in [0.1, 0.15) is 35.4 Å². The van der Waals surface area contributed by atoms with Crippen molar-refractivity contribution in [1.29, 1.82) is 0 Å². The zero-order chi connectivity index (χ0) is 23.6. The molecule has 0 spiro atoms. The van der Waals surface area contributed by atoms with E-state index in [9.17, 15) is 15.0 Å². The number of carboxylic acid groups (broad SMARTS) is 1. The Morgan fingerprint density at radius 3 is 2.48 bits per heavy atom. The van der Waals surface area contributed by atoms with Gasteiger partial charge in [-0.15, -0.1) is 0 Å². The second-order valence-electron chi connectivity index (χ2n) is 7.64. The lowest BCUT2D eigenvalue weighted by Crippen LogP contribution is -2.26. The van der Waals surface area contributed by atoms with Crippen LogP contribution < -0.4 is 15.4 Å². The molecule has 0 saturated carbocycles. The molecule has 3 rings (SSSR count). The molecule has 1 atom stereocenters. The molecule has 0 aromatic heterocycles. The summed E-state index contributed by atoms with van der Waals surface area (Å²) in [7, 11) is 0. The Morgan fingerprint density at radius 1 is 1.03 bits per heavy atom. The molecule has 0 amide bonds. The second-order valence-corrected chi connectivity index (χ2v) is 8.08. The van der Waals surface area contributed by atoms with Gasteiger partial charge in [-0.25, -0.2) is 4.79 Å². The molecular formula is C26H29ClN2O4. The quantitative estimate of drug-likeness (QED) is 0.272. The number of hydrogen-bond acceptors (Lipinski definition) is 5. The summed E-state index contributed by atoms with van der Waals surface area (Å²) in [4.78, 5) is 11.4. The lowest BCUT2D eigenvalue weighted by atomic mass is 10.0. The van der Waals surface area contributed by atoms with Gasteiger partial charge in [-0.3, -0.25) is 0 Å². The van der Waals surface area contributed by atoms with E-state index in [2.05, 4.69) is 10.6 Å². The van der Waals surface area contributed by atoms with Gasteiger partial charge in [-0.1, -0.05) is 48.9 Å². The van der Waals surface area contributed by atoms with Gasteiger partial charge < -0.3 is 25.6 Å². The molecule has 7 heteroatoms. The number of aliphatic hydroxyl groups is 1. The van der Waals surface area contributed by atoms with Gasteiger partial charge >= 0.3 is 5.97 Å². The number of halogens is 1. The topological polar surface area (TPSA) is 90.8 Å². The summed E-state index contributed by atoms with van der Waals surface area (Å²) < 4.78 is 5.64. The number of aromatic carboxylic acids is 1. The van der Waals surface area contributed by atoms with Crippen LogP contribution in [0.25, 0.3) is 11.1 Å². The van der Waals surface area contributed by atoms with Crippen LogP contribution in [-0.2, 0) is 0 Å². The Labute approximate surface area is 199 Å². The summed E-state index contributed by atoms with van der Waals surface area (Å²) in [6.07, 6.45) is 0.194. The van der Waals surface area contributed by atoms with Crippen molar-refractivity contribution in [3.8, 4) is 16.9 Å². The number of carboxylic acids is 1. The molecule has 3 aromatic carbocycles. The normalized spacial score (nSPS) is 11.7. The molecule has 0 fully saturated rings. The molecule has 0 unspecified atom stereocenters. The first kappa shape index (κ1) is 24.6. The Hall–Kier alpha value is -3.06. The molecule has 6 nitrogen and oxygen atoms in total. The van der Waals surface area contributed by atoms with Crippen LogP contribution in [0.4, 0.5) is 5.69 Å². The number of aliphatic hydroxyl groups excluding tert-OH is 1. The van der Waals surface area contributed by atoms with Gasteiger partial charge in [0.2, 0.25) is 0 Å². The third-order valence-electron chi connectivity index (χ3n) is 5.09. The van der Waals surface area contributed by atoms with Gasteiger partial charge in [0.15, 0.2) is 0 Å². The van der Waals surface area contributed by atoms with E-state index in [-0.39, 0.29) is 5.56 Å². The van der Waals surface area contributed by atoms with E-state index in [1.54, 1.807) is 30.3 Å². The minimum atomic E-state index is -0.999. The first-order chi connectivity index (χ1) is 16.0. The minimum Gasteiger partial charge on any atom is -0.493 e. The molecule has 0 heterocycles. The Balaban J connectivity index is 1.50. The molecule has 33 heavy (non-hydrogen) atoms. The van der Waals surface area contributed by atoms with Crippen molar-refractivity contribution in [2.45, 2.75) is 19.4 Å². The maximum absolute atomic E-state index is 11.4. The second kappa shape index (κ2) is 12.3. The lowest BCUT2D eigenvalue weighted by molar-refractivity contribution is 0.0692. The number of benzene rings is 3. The van der Waals surface area contributed by atoms with Crippen LogP contribution in [0.5, 0.6) is 5.75 Å². The summed E-state index contributed by atoms with van der Waals surface area (Å²) >= 11 is 5.97. The highest BCUT2D eigenvalue weighted by Crippen LogP contribution is 2.28. The molecule has 174 valence electrons. The highest BCUT2D eigenvalue weighted by molar-refractivity contribution is 6.30. The Morgan fingerprint density at radius 2 is 1.79 bits per heavy atom. The van der Waals surface area contributed by atoms with Crippen molar-refractivity contribution in [3.05, 3.63) is 82.9 Å². The summed E-state index contributed by atoms with van der Waals surface area (Å²) in [6, 6.07) is 20.3. The third-order valence-corrected chi connectivity index (χ3v) is 5.33. The van der Waals surface area contributed by atoms with Gasteiger partial charge in [0.25, 0.3) is 0 Å². The SMILES string of the molecule is CCCOc1cc(-c2ccc(NCCNC[C@@H](O)c3cccc(Cl)c3)cc2)ccc1C(=O)O. The fraction of sp³-hybridized carbons (Fsp3) is 0.269. The van der Waals surface area contributed by atoms with E-state index in [4.69, 9.17) is 16.3 Å². The first-order valence-corrected chi connectivity index (χ1v) is 11.3. The Kier molecular flexibility index (Phi) is 9.13. The highest BCUT2D eigenvalue weighted by atomic mass is 35.5. The van der Waals surface area contributed by atoms with E-state index in [1.165, 1.54) is 0 Å². The smallest absolute Gasteiger partial charge is 0.339 e. The van der Waals surface area contributed by atoms with Crippen LogP contribution >= 0.6 is 11.6 Å². The average molecular weight is 469 g/mol. The van der Waals surface area contributed by atoms with Crippen LogP contribution in [0.2, 0.25) is 5.02 Å². The van der Waals surface area contributed by atoms with Gasteiger partial charge in [0.1, 0.15) is 11.3 Å². The van der Waals surface area contributed by atoms with E-state index < -0.39 is 12.1 Å². The molecule has 4 N–H and O–H groups in total. The Bertz CT molecular complexity index is 1060. The van der Waals surface area contributed by atoms with E-state index >= 15 is 0 Å². The van der Waals surface area contributed by atoms with E-state index in [0.29, 0.717) is 37.0 Å². The lowest BCUT2D eigenvalue weighted by Gasteiger charge is -2.13. The number of hydrogen-bond donors (Lipinski definition) is 4. The maximum atomic E-state index is 11.4. The predicted molar refractivity (Wildman–Crippen MR) is 132 cm³/mol. The van der Waals surface area contributed by atoms with Crippen LogP contribution in [0.15, 0.2) is 66.7 Å². The van der Waals surface area contributed by atoms with Crippen molar-refractivity contribution in [2.24, 2.45) is 0 Å². The van der Waals surface area contributed by atoms with Crippen molar-refractivity contribution in [3.63, 3.8) is 0 Å². The van der Waals surface area contributed by atoms with E-state index in [1.807, 2.05) is 43.3 Å². The molecule has 0 aliphatic carbocycles. The van der Waals surface area contributed by atoms with Gasteiger partial charge in [-0.05, 0) is 59.5 Å². The molecule has 3 aromatic rings. The molecule has 0 aliphatic heterocycles. The molecule has 0 bridgehead atoms. The van der Waals surface area contributed by atoms with Crippen LogP contribution in [0, 0.1) is 0 Å². The summed E-state index contributed by atoms with van der Waals surface area (Å²) in [5.41, 5.74) is 3.80. The van der Waals surface area contributed by atoms with Gasteiger partial charge in [0, 0.05) is 30.3 Å². The van der Waals surface area contributed by atoms with Gasteiger partial charge in [-0.2, -0.15) is 0 Å². The summed E-state index contributed by atoms with van der Waals surface area (Å²) in [5, 5.41) is 26.8. The monoisotopic (exact) mass is 468 g/mol. The van der Waals surface area contributed by atoms with Crippen LogP contribution in [0.3, 0.4) is 0 Å². The number of carbonyl (C=O) groups is 1. The number of rotatable bonds is 12. The molecule has 0 radical (unpaired) electrons. The summed E-state index contributed by atoms with van der Waals surface area (Å²) in [5.74, 6) is -0.615. The van der Waals surface area contributed by atoms with Gasteiger partial charge in [0.05, 0.1) is 12.7 Å². The minimum absolute atomic E-state index is 0.165. The van der Waals surface area contributed by atoms with Crippen LogP contribution in [-0.4, -0.2) is 42.4 Å². The number of anilines is 1. The van der Waals surface area contributed by atoms with Crippen molar-refractivity contribution in [1.82, 2.24) is 5.32 Å². The fourth-order valence-electron chi connectivity index (χ4n) is 3.36. The number of ether oxygens (including phenoxy) is 1. The predicted octanol–water partition coefficient (Wildman–Crippen LogP) is 5.23. The largest absolute Gasteiger partial charge is 0.493 e. The third kappa shape index (κ3) is 7.22. The zero-order valence-corrected chi connectivity index (χ0v) is 19.3. The summed E-state index contributed by atoms with van der Waals surface area (Å²) in [6.45, 7) is 4.28.